The van der Waals surface area contributed by atoms with E-state index in [0.717, 1.165) is 5.56 Å². The lowest BCUT2D eigenvalue weighted by atomic mass is 10.1. The minimum atomic E-state index is -4.23. The third-order valence-corrected chi connectivity index (χ3v) is 8.52. The Balaban J connectivity index is 1.55. The Bertz CT molecular complexity index is 1300. The molecule has 10 heteroatoms. The number of hydrogen-bond acceptors (Lipinski definition) is 6. The standard InChI is InChI=1S/C25H25N3O5S2/c1-18-9-11-19(12-10-18)22(29)26-23(35(32,33)20-6-3-2-4-7-20)25(31)28-15-13-27(14-16-28)24(30)21-8-5-17-34-21/h2-12,17,23H,13-16H2,1H3,(H,26,29)/t23-/m0/s1. The van der Waals surface area contributed by atoms with Crippen LogP contribution in [0.1, 0.15) is 25.6 Å². The van der Waals surface area contributed by atoms with Crippen LogP contribution in [0.5, 0.6) is 0 Å². The highest BCUT2D eigenvalue weighted by Gasteiger charge is 2.39. The second-order valence-electron chi connectivity index (χ2n) is 8.17. The number of amides is 3. The first-order valence-corrected chi connectivity index (χ1v) is 13.5. The number of carbonyl (C=O) groups excluding carboxylic acids is 3. The maximum atomic E-state index is 13.5. The van der Waals surface area contributed by atoms with Gasteiger partial charge in [0, 0.05) is 31.7 Å². The summed E-state index contributed by atoms with van der Waals surface area (Å²) in [5, 5.41) is 2.48. The SMILES string of the molecule is Cc1ccc(C(=O)N[C@H](C(=O)N2CCN(C(=O)c3cccs3)CC2)S(=O)(=O)c2ccccc2)cc1. The number of rotatable bonds is 6. The van der Waals surface area contributed by atoms with Crippen molar-refractivity contribution in [1.29, 1.82) is 0 Å². The molecular weight excluding hydrogens is 486 g/mol. The normalized spacial score (nSPS) is 14.9. The van der Waals surface area contributed by atoms with E-state index in [0.29, 0.717) is 4.88 Å². The van der Waals surface area contributed by atoms with Gasteiger partial charge in [-0.25, -0.2) is 8.42 Å². The maximum absolute atomic E-state index is 13.5. The smallest absolute Gasteiger partial charge is 0.264 e. The van der Waals surface area contributed by atoms with Crippen LogP contribution in [0.15, 0.2) is 77.0 Å². The molecule has 1 saturated heterocycles. The van der Waals surface area contributed by atoms with Crippen LogP contribution in [0.4, 0.5) is 0 Å². The molecule has 0 spiro atoms. The van der Waals surface area contributed by atoms with E-state index < -0.39 is 27.0 Å². The molecule has 4 rings (SSSR count). The van der Waals surface area contributed by atoms with Crippen LogP contribution < -0.4 is 5.32 Å². The van der Waals surface area contributed by atoms with E-state index in [1.54, 1.807) is 59.5 Å². The Morgan fingerprint density at radius 2 is 1.49 bits per heavy atom. The van der Waals surface area contributed by atoms with Gasteiger partial charge in [0.1, 0.15) is 0 Å². The van der Waals surface area contributed by atoms with Crippen molar-refractivity contribution < 1.29 is 22.8 Å². The first-order chi connectivity index (χ1) is 16.8. The number of nitrogens with one attached hydrogen (secondary N) is 1. The van der Waals surface area contributed by atoms with E-state index in [-0.39, 0.29) is 42.5 Å². The van der Waals surface area contributed by atoms with Gasteiger partial charge in [0.05, 0.1) is 9.77 Å². The summed E-state index contributed by atoms with van der Waals surface area (Å²) in [5.41, 5.74) is 1.20. The van der Waals surface area contributed by atoms with Gasteiger partial charge in [-0.2, -0.15) is 0 Å². The first-order valence-electron chi connectivity index (χ1n) is 11.1. The summed E-state index contributed by atoms with van der Waals surface area (Å²) in [6.07, 6.45) is 0. The monoisotopic (exact) mass is 511 g/mol. The number of nitrogens with zero attached hydrogens (tertiary/aromatic N) is 2. The van der Waals surface area contributed by atoms with E-state index in [2.05, 4.69) is 5.32 Å². The molecule has 0 unspecified atom stereocenters. The molecule has 1 aromatic heterocycles. The van der Waals surface area contributed by atoms with Gasteiger partial charge < -0.3 is 15.1 Å². The number of carbonyl (C=O) groups is 3. The fraction of sp³-hybridized carbons (Fsp3) is 0.240. The van der Waals surface area contributed by atoms with Crippen molar-refractivity contribution in [1.82, 2.24) is 15.1 Å². The van der Waals surface area contributed by atoms with Gasteiger partial charge in [-0.3, -0.25) is 14.4 Å². The Labute approximate surface area is 208 Å². The lowest BCUT2D eigenvalue weighted by Gasteiger charge is -2.36. The number of thiophene rings is 1. The Hall–Kier alpha value is -3.50. The third-order valence-electron chi connectivity index (χ3n) is 5.79. The van der Waals surface area contributed by atoms with Crippen molar-refractivity contribution in [2.45, 2.75) is 17.2 Å². The molecule has 1 fully saturated rings. The quantitative estimate of drug-likeness (QED) is 0.548. The topological polar surface area (TPSA) is 104 Å². The van der Waals surface area contributed by atoms with Crippen LogP contribution in [0.25, 0.3) is 0 Å². The summed E-state index contributed by atoms with van der Waals surface area (Å²) in [6.45, 7) is 2.74. The van der Waals surface area contributed by atoms with E-state index in [4.69, 9.17) is 0 Å². The lowest BCUT2D eigenvalue weighted by molar-refractivity contribution is -0.132. The number of piperazine rings is 1. The summed E-state index contributed by atoms with van der Waals surface area (Å²) >= 11 is 1.34. The van der Waals surface area contributed by atoms with Crippen LogP contribution in [0.2, 0.25) is 0 Å². The third kappa shape index (κ3) is 5.44. The maximum Gasteiger partial charge on any atom is 0.264 e. The molecule has 1 aliphatic rings. The lowest BCUT2D eigenvalue weighted by Crippen LogP contribution is -2.57. The molecule has 2 heterocycles. The zero-order chi connectivity index (χ0) is 25.0. The molecule has 0 radical (unpaired) electrons. The molecule has 0 bridgehead atoms. The molecule has 0 saturated carbocycles. The first kappa shape index (κ1) is 24.6. The molecule has 1 atom stereocenters. The van der Waals surface area contributed by atoms with Gasteiger partial charge in [0.15, 0.2) is 0 Å². The van der Waals surface area contributed by atoms with E-state index >= 15 is 0 Å². The zero-order valence-corrected chi connectivity index (χ0v) is 20.7. The highest BCUT2D eigenvalue weighted by molar-refractivity contribution is 7.92. The second-order valence-corrected chi connectivity index (χ2v) is 11.2. The largest absolute Gasteiger partial charge is 0.336 e. The fourth-order valence-corrected chi connectivity index (χ4v) is 5.95. The average molecular weight is 512 g/mol. The molecule has 35 heavy (non-hydrogen) atoms. The number of aryl methyl sites for hydroxylation is 1. The summed E-state index contributed by atoms with van der Waals surface area (Å²) in [5.74, 6) is -1.50. The number of sulfone groups is 1. The molecule has 0 aliphatic carbocycles. The van der Waals surface area contributed by atoms with Crippen molar-refractivity contribution in [2.75, 3.05) is 26.2 Å². The summed E-state index contributed by atoms with van der Waals surface area (Å²) in [4.78, 5) is 42.6. The van der Waals surface area contributed by atoms with Crippen molar-refractivity contribution in [3.05, 3.63) is 88.1 Å². The van der Waals surface area contributed by atoms with Crippen molar-refractivity contribution >= 4 is 38.9 Å². The van der Waals surface area contributed by atoms with Gasteiger partial charge in [0.25, 0.3) is 17.7 Å². The van der Waals surface area contributed by atoms with E-state index in [9.17, 15) is 22.8 Å². The molecule has 1 aliphatic heterocycles. The molecule has 1 N–H and O–H groups in total. The number of benzene rings is 2. The summed E-state index contributed by atoms with van der Waals surface area (Å²) in [7, 11) is -4.23. The van der Waals surface area contributed by atoms with Gasteiger partial charge >= 0.3 is 0 Å². The molecule has 3 amide bonds. The Morgan fingerprint density at radius 1 is 0.857 bits per heavy atom. The Morgan fingerprint density at radius 3 is 2.09 bits per heavy atom. The van der Waals surface area contributed by atoms with Crippen LogP contribution in [-0.4, -0.2) is 67.5 Å². The van der Waals surface area contributed by atoms with Crippen molar-refractivity contribution in [3.63, 3.8) is 0 Å². The average Bonchev–Trinajstić information content (AvgIpc) is 3.42. The van der Waals surface area contributed by atoms with Crippen molar-refractivity contribution in [2.24, 2.45) is 0 Å². The van der Waals surface area contributed by atoms with Gasteiger partial charge in [-0.15, -0.1) is 11.3 Å². The molecule has 3 aromatic rings. The Kier molecular flexibility index (Phi) is 7.32. The summed E-state index contributed by atoms with van der Waals surface area (Å²) < 4.78 is 26.9. The van der Waals surface area contributed by atoms with E-state index in [1.807, 2.05) is 12.3 Å². The fourth-order valence-electron chi connectivity index (χ4n) is 3.78. The van der Waals surface area contributed by atoms with Crippen LogP contribution >= 0.6 is 11.3 Å². The van der Waals surface area contributed by atoms with Crippen molar-refractivity contribution in [3.8, 4) is 0 Å². The van der Waals surface area contributed by atoms with Gasteiger partial charge in [-0.1, -0.05) is 42.0 Å². The predicted octanol–water partition coefficient (Wildman–Crippen LogP) is 2.57. The van der Waals surface area contributed by atoms with Gasteiger partial charge in [-0.05, 0) is 42.6 Å². The molecule has 8 nitrogen and oxygen atoms in total. The minimum absolute atomic E-state index is 0.0611. The van der Waals surface area contributed by atoms with Gasteiger partial charge in [0.2, 0.25) is 15.2 Å². The summed E-state index contributed by atoms with van der Waals surface area (Å²) in [6, 6.07) is 17.8. The minimum Gasteiger partial charge on any atom is -0.336 e. The molecular formula is C25H25N3O5S2. The zero-order valence-electron chi connectivity index (χ0n) is 19.1. The second kappa shape index (κ2) is 10.4. The highest BCUT2D eigenvalue weighted by atomic mass is 32.2. The molecule has 182 valence electrons. The predicted molar refractivity (Wildman–Crippen MR) is 133 cm³/mol. The number of hydrogen-bond donors (Lipinski definition) is 1. The highest BCUT2D eigenvalue weighted by Crippen LogP contribution is 2.19. The van der Waals surface area contributed by atoms with E-state index in [1.165, 1.54) is 28.4 Å². The molecule has 2 aromatic carbocycles. The van der Waals surface area contributed by atoms with Crippen LogP contribution in [0, 0.1) is 6.92 Å². The van der Waals surface area contributed by atoms with Crippen LogP contribution in [-0.2, 0) is 14.6 Å². The van der Waals surface area contributed by atoms with Crippen LogP contribution in [0.3, 0.4) is 0 Å².